The Kier molecular flexibility index (Phi) is 5.32. The van der Waals surface area contributed by atoms with Crippen molar-refractivity contribution in [2.24, 2.45) is 0 Å². The van der Waals surface area contributed by atoms with Crippen molar-refractivity contribution in [1.82, 2.24) is 5.32 Å². The van der Waals surface area contributed by atoms with E-state index in [0.29, 0.717) is 24.7 Å². The highest BCUT2D eigenvalue weighted by Gasteiger charge is 2.19. The summed E-state index contributed by atoms with van der Waals surface area (Å²) in [5, 5.41) is 11.5. The molecule has 1 atom stereocenters. The van der Waals surface area contributed by atoms with Crippen LogP contribution < -0.4 is 14.8 Å². The predicted molar refractivity (Wildman–Crippen MR) is 78.0 cm³/mol. The Hall–Kier alpha value is -1.89. The van der Waals surface area contributed by atoms with Gasteiger partial charge in [-0.15, -0.1) is 11.8 Å². The van der Waals surface area contributed by atoms with Crippen molar-refractivity contribution >= 4 is 23.6 Å². The maximum Gasteiger partial charge on any atom is 0.327 e. The van der Waals surface area contributed by atoms with E-state index in [1.807, 2.05) is 18.2 Å². The van der Waals surface area contributed by atoms with E-state index in [1.54, 1.807) is 0 Å². The number of carbonyl (C=O) groups excluding carboxylic acids is 1. The van der Waals surface area contributed by atoms with Crippen LogP contribution in [0.15, 0.2) is 23.1 Å². The predicted octanol–water partition coefficient (Wildman–Crippen LogP) is 1.53. The molecule has 0 bridgehead atoms. The second kappa shape index (κ2) is 7.21. The van der Waals surface area contributed by atoms with Gasteiger partial charge in [-0.05, 0) is 18.2 Å². The fourth-order valence-electron chi connectivity index (χ4n) is 1.83. The van der Waals surface area contributed by atoms with Gasteiger partial charge in [-0.2, -0.15) is 0 Å². The molecule has 1 aromatic rings. The van der Waals surface area contributed by atoms with Gasteiger partial charge in [0.05, 0.1) is 13.2 Å². The molecular weight excluding hydrogens is 294 g/mol. The van der Waals surface area contributed by atoms with Crippen LogP contribution in [0.2, 0.25) is 0 Å². The molecule has 0 saturated heterocycles. The summed E-state index contributed by atoms with van der Waals surface area (Å²) in [5.41, 5.74) is 0. The molecule has 0 fully saturated rings. The molecule has 2 N–H and O–H groups in total. The Morgan fingerprint density at radius 1 is 1.33 bits per heavy atom. The van der Waals surface area contributed by atoms with Crippen LogP contribution in [0.1, 0.15) is 13.3 Å². The van der Waals surface area contributed by atoms with Crippen LogP contribution in [-0.4, -0.2) is 42.0 Å². The summed E-state index contributed by atoms with van der Waals surface area (Å²) >= 11 is 1.35. The number of fused-ring (bicyclic) bond motifs is 1. The lowest BCUT2D eigenvalue weighted by Gasteiger charge is -2.13. The largest absolute Gasteiger partial charge is 0.490 e. The molecule has 0 aromatic heterocycles. The van der Waals surface area contributed by atoms with E-state index in [0.717, 1.165) is 11.3 Å². The van der Waals surface area contributed by atoms with Crippen molar-refractivity contribution in [3.63, 3.8) is 0 Å². The second-order valence-corrected chi connectivity index (χ2v) is 5.65. The highest BCUT2D eigenvalue weighted by Crippen LogP contribution is 2.34. The molecule has 1 aromatic carbocycles. The summed E-state index contributed by atoms with van der Waals surface area (Å²) in [5.74, 6) is 0.209. The Labute approximate surface area is 126 Å². The molecule has 21 heavy (non-hydrogen) atoms. The summed E-state index contributed by atoms with van der Waals surface area (Å²) < 4.78 is 11.1. The zero-order chi connectivity index (χ0) is 15.2. The van der Waals surface area contributed by atoms with Crippen LogP contribution in [0, 0.1) is 0 Å². The zero-order valence-corrected chi connectivity index (χ0v) is 12.4. The number of carbonyl (C=O) groups is 2. The smallest absolute Gasteiger partial charge is 0.327 e. The van der Waals surface area contributed by atoms with Crippen molar-refractivity contribution in [2.75, 3.05) is 19.0 Å². The standard InChI is InChI=1S/C14H17NO5S/c1-9(16)15-11(14(17)18)8-21-10-3-4-12-13(7-10)20-6-2-5-19-12/h3-4,7,11H,2,5-6,8H2,1H3,(H,15,16)(H,17,18). The molecule has 1 heterocycles. The van der Waals surface area contributed by atoms with E-state index in [9.17, 15) is 9.59 Å². The summed E-state index contributed by atoms with van der Waals surface area (Å²) in [6, 6.07) is 4.59. The van der Waals surface area contributed by atoms with Gasteiger partial charge in [-0.3, -0.25) is 4.79 Å². The van der Waals surface area contributed by atoms with Crippen molar-refractivity contribution < 1.29 is 24.2 Å². The number of nitrogens with one attached hydrogen (secondary N) is 1. The van der Waals surface area contributed by atoms with Crippen LogP contribution >= 0.6 is 11.8 Å². The number of aliphatic carboxylic acids is 1. The maximum atomic E-state index is 11.1. The van der Waals surface area contributed by atoms with Crippen molar-refractivity contribution in [3.05, 3.63) is 18.2 Å². The molecule has 114 valence electrons. The number of carboxylic acids is 1. The second-order valence-electron chi connectivity index (χ2n) is 4.56. The maximum absolute atomic E-state index is 11.1. The molecule has 7 heteroatoms. The van der Waals surface area contributed by atoms with Crippen LogP contribution in [0.25, 0.3) is 0 Å². The topological polar surface area (TPSA) is 84.9 Å². The fraction of sp³-hybridized carbons (Fsp3) is 0.429. The average molecular weight is 311 g/mol. The van der Waals surface area contributed by atoms with Gasteiger partial charge in [0, 0.05) is 24.0 Å². The molecular formula is C14H17NO5S. The number of carboxylic acid groups (broad SMARTS) is 1. The minimum absolute atomic E-state index is 0.245. The molecule has 0 saturated carbocycles. The Balaban J connectivity index is 2.00. The number of ether oxygens (including phenoxy) is 2. The van der Waals surface area contributed by atoms with Crippen molar-refractivity contribution in [1.29, 1.82) is 0 Å². The summed E-state index contributed by atoms with van der Waals surface area (Å²) in [4.78, 5) is 22.9. The van der Waals surface area contributed by atoms with Gasteiger partial charge >= 0.3 is 5.97 Å². The third-order valence-electron chi connectivity index (χ3n) is 2.81. The van der Waals surface area contributed by atoms with E-state index < -0.39 is 12.0 Å². The fourth-order valence-corrected chi connectivity index (χ4v) is 2.77. The average Bonchev–Trinajstić information content (AvgIpc) is 2.67. The minimum atomic E-state index is -1.05. The van der Waals surface area contributed by atoms with E-state index in [1.165, 1.54) is 18.7 Å². The third kappa shape index (κ3) is 4.56. The first-order valence-electron chi connectivity index (χ1n) is 6.58. The normalized spacial score (nSPS) is 14.9. The van der Waals surface area contributed by atoms with Crippen LogP contribution in [-0.2, 0) is 9.59 Å². The first kappa shape index (κ1) is 15.5. The van der Waals surface area contributed by atoms with Crippen molar-refractivity contribution in [2.45, 2.75) is 24.3 Å². The lowest BCUT2D eigenvalue weighted by molar-refractivity contribution is -0.140. The molecule has 1 unspecified atom stereocenters. The quantitative estimate of drug-likeness (QED) is 0.802. The van der Waals surface area contributed by atoms with Crippen molar-refractivity contribution in [3.8, 4) is 11.5 Å². The SMILES string of the molecule is CC(=O)NC(CSc1ccc2c(c1)OCCCO2)C(=O)O. The molecule has 2 rings (SSSR count). The zero-order valence-electron chi connectivity index (χ0n) is 11.6. The lowest BCUT2D eigenvalue weighted by atomic mass is 10.3. The first-order valence-corrected chi connectivity index (χ1v) is 7.57. The molecule has 0 radical (unpaired) electrons. The number of hydrogen-bond acceptors (Lipinski definition) is 5. The van der Waals surface area contributed by atoms with Crippen LogP contribution in [0.4, 0.5) is 0 Å². The van der Waals surface area contributed by atoms with E-state index >= 15 is 0 Å². The summed E-state index contributed by atoms with van der Waals surface area (Å²) in [6.07, 6.45) is 0.834. The van der Waals surface area contributed by atoms with Gasteiger partial charge in [0.1, 0.15) is 6.04 Å². The number of thioether (sulfide) groups is 1. The molecule has 1 amide bonds. The minimum Gasteiger partial charge on any atom is -0.490 e. The number of hydrogen-bond donors (Lipinski definition) is 2. The molecule has 6 nitrogen and oxygen atoms in total. The van der Waals surface area contributed by atoms with Crippen LogP contribution in [0.5, 0.6) is 11.5 Å². The van der Waals surface area contributed by atoms with Gasteiger partial charge in [0.2, 0.25) is 5.91 Å². The van der Waals surface area contributed by atoms with Crippen LogP contribution in [0.3, 0.4) is 0 Å². The monoisotopic (exact) mass is 311 g/mol. The lowest BCUT2D eigenvalue weighted by Crippen LogP contribution is -2.41. The molecule has 0 spiro atoms. The van der Waals surface area contributed by atoms with Gasteiger partial charge in [0.25, 0.3) is 0 Å². The van der Waals surface area contributed by atoms with Gasteiger partial charge in [-0.25, -0.2) is 4.79 Å². The number of amides is 1. The molecule has 1 aliphatic heterocycles. The Morgan fingerprint density at radius 2 is 2.05 bits per heavy atom. The first-order chi connectivity index (χ1) is 10.1. The van der Waals surface area contributed by atoms with Gasteiger partial charge in [0.15, 0.2) is 11.5 Å². The molecule has 1 aliphatic rings. The van der Waals surface area contributed by atoms with Gasteiger partial charge in [-0.1, -0.05) is 0 Å². The third-order valence-corrected chi connectivity index (χ3v) is 3.90. The molecule has 0 aliphatic carbocycles. The Bertz CT molecular complexity index is 534. The highest BCUT2D eigenvalue weighted by molar-refractivity contribution is 7.99. The Morgan fingerprint density at radius 3 is 2.71 bits per heavy atom. The van der Waals surface area contributed by atoms with E-state index in [2.05, 4.69) is 5.32 Å². The summed E-state index contributed by atoms with van der Waals surface area (Å²) in [7, 11) is 0. The van der Waals surface area contributed by atoms with E-state index in [-0.39, 0.29) is 11.7 Å². The van der Waals surface area contributed by atoms with Gasteiger partial charge < -0.3 is 19.9 Å². The highest BCUT2D eigenvalue weighted by atomic mass is 32.2. The number of rotatable bonds is 5. The van der Waals surface area contributed by atoms with E-state index in [4.69, 9.17) is 14.6 Å². The number of benzene rings is 1. The summed E-state index contributed by atoms with van der Waals surface area (Å²) in [6.45, 7) is 2.53.